The first-order chi connectivity index (χ1) is 16.7. The maximum atomic E-state index is 13.2. The summed E-state index contributed by atoms with van der Waals surface area (Å²) in [6.07, 6.45) is 16.9. The number of fused-ring (bicyclic) bond motifs is 1. The molecule has 3 rings (SSSR count). The van der Waals surface area contributed by atoms with Crippen LogP contribution in [0.1, 0.15) is 101 Å². The fourth-order valence-corrected chi connectivity index (χ4v) is 5.62. The molecule has 1 fully saturated rings. The summed E-state index contributed by atoms with van der Waals surface area (Å²) in [6, 6.07) is 7.64. The first kappa shape index (κ1) is 26.7. The Morgan fingerprint density at radius 1 is 1.03 bits per heavy atom. The molecule has 4 nitrogen and oxygen atoms in total. The third kappa shape index (κ3) is 7.80. The van der Waals surface area contributed by atoms with Gasteiger partial charge in [-0.15, -0.1) is 0 Å². The van der Waals surface area contributed by atoms with E-state index >= 15 is 0 Å². The number of rotatable bonds is 15. The molecule has 4 heteroatoms. The molecule has 0 unspecified atom stereocenters. The van der Waals surface area contributed by atoms with Crippen molar-refractivity contribution in [3.63, 3.8) is 0 Å². The van der Waals surface area contributed by atoms with Crippen molar-refractivity contribution in [2.75, 3.05) is 26.7 Å². The fraction of sp³-hybridized carbons (Fsp3) is 0.667. The number of likely N-dealkylation sites (tertiary alicyclic amines) is 1. The van der Waals surface area contributed by atoms with E-state index < -0.39 is 0 Å². The van der Waals surface area contributed by atoms with Gasteiger partial charge in [0.15, 0.2) is 5.78 Å². The number of pyridine rings is 1. The van der Waals surface area contributed by atoms with Crippen LogP contribution in [0.4, 0.5) is 0 Å². The van der Waals surface area contributed by atoms with Gasteiger partial charge in [-0.25, -0.2) is 0 Å². The minimum atomic E-state index is 0.233. The zero-order valence-corrected chi connectivity index (χ0v) is 21.9. The molecule has 0 spiro atoms. The molecular weight excluding hydrogens is 420 g/mol. The second kappa shape index (κ2) is 14.5. The van der Waals surface area contributed by atoms with Gasteiger partial charge in [-0.2, -0.15) is 0 Å². The van der Waals surface area contributed by atoms with Crippen LogP contribution in [0.5, 0.6) is 5.75 Å². The van der Waals surface area contributed by atoms with E-state index in [1.807, 2.05) is 24.3 Å². The number of carbonyl (C=O) groups is 1. The van der Waals surface area contributed by atoms with Crippen molar-refractivity contribution >= 4 is 16.7 Å². The molecule has 2 heterocycles. The zero-order valence-electron chi connectivity index (χ0n) is 21.9. The SMILES string of the molecule is CCCCCCCCCCN1CC[C@@H](CCC(=O)c2ccnc3ccc(OC)cc23)[C@@H](CC)C1. The highest BCUT2D eigenvalue weighted by Crippen LogP contribution is 2.31. The number of hydrogen-bond donors (Lipinski definition) is 0. The maximum Gasteiger partial charge on any atom is 0.163 e. The molecule has 2 atom stereocenters. The number of ether oxygens (including phenoxy) is 1. The Morgan fingerprint density at radius 3 is 2.53 bits per heavy atom. The van der Waals surface area contributed by atoms with E-state index in [9.17, 15) is 4.79 Å². The number of aromatic nitrogens is 1. The second-order valence-electron chi connectivity index (χ2n) is 10.2. The van der Waals surface area contributed by atoms with Crippen LogP contribution in [0.2, 0.25) is 0 Å². The van der Waals surface area contributed by atoms with Crippen LogP contribution >= 0.6 is 0 Å². The van der Waals surface area contributed by atoms with Crippen molar-refractivity contribution in [2.45, 2.75) is 90.9 Å². The Morgan fingerprint density at radius 2 is 1.79 bits per heavy atom. The Kier molecular flexibility index (Phi) is 11.3. The van der Waals surface area contributed by atoms with E-state index in [1.54, 1.807) is 13.3 Å². The molecule has 0 saturated carbocycles. The summed E-state index contributed by atoms with van der Waals surface area (Å²) in [7, 11) is 1.66. The largest absolute Gasteiger partial charge is 0.497 e. The number of unbranched alkanes of at least 4 members (excludes halogenated alkanes) is 7. The third-order valence-electron chi connectivity index (χ3n) is 7.82. The number of carbonyl (C=O) groups excluding carboxylic acids is 1. The monoisotopic (exact) mass is 466 g/mol. The standard InChI is InChI=1S/C30H46N2O2/c1-4-6-7-8-9-10-11-12-20-32-21-18-25(24(5-2)23-32)13-16-30(33)27-17-19-31-29-15-14-26(34-3)22-28(27)29/h14-15,17,19,22,24-25H,4-13,16,18,20-21,23H2,1-3H3/t24-,25+/m0/s1. The lowest BCUT2D eigenvalue weighted by Crippen LogP contribution is -2.40. The topological polar surface area (TPSA) is 42.4 Å². The molecule has 0 bridgehead atoms. The van der Waals surface area contributed by atoms with Gasteiger partial charge in [0.1, 0.15) is 5.75 Å². The van der Waals surface area contributed by atoms with Gasteiger partial charge >= 0.3 is 0 Å². The smallest absolute Gasteiger partial charge is 0.163 e. The van der Waals surface area contributed by atoms with E-state index in [-0.39, 0.29) is 5.78 Å². The number of nitrogens with zero attached hydrogens (tertiary/aromatic N) is 2. The van der Waals surface area contributed by atoms with Crippen molar-refractivity contribution in [1.82, 2.24) is 9.88 Å². The number of methoxy groups -OCH3 is 1. The first-order valence-corrected chi connectivity index (χ1v) is 13.8. The van der Waals surface area contributed by atoms with Crippen molar-refractivity contribution in [3.05, 3.63) is 36.0 Å². The molecule has 1 saturated heterocycles. The molecule has 1 aliphatic rings. The van der Waals surface area contributed by atoms with Gasteiger partial charge in [-0.3, -0.25) is 9.78 Å². The summed E-state index contributed by atoms with van der Waals surface area (Å²) in [5.74, 6) is 2.37. The number of piperidine rings is 1. The molecular formula is C30H46N2O2. The Labute approximate surface area is 207 Å². The Balaban J connectivity index is 1.43. The first-order valence-electron chi connectivity index (χ1n) is 13.8. The molecule has 1 aromatic carbocycles. The highest BCUT2D eigenvalue weighted by Gasteiger charge is 2.28. The minimum Gasteiger partial charge on any atom is -0.497 e. The summed E-state index contributed by atoms with van der Waals surface area (Å²) in [5.41, 5.74) is 1.64. The van der Waals surface area contributed by atoms with Crippen LogP contribution in [0.15, 0.2) is 30.5 Å². The van der Waals surface area contributed by atoms with Gasteiger partial charge in [-0.05, 0) is 68.5 Å². The maximum absolute atomic E-state index is 13.2. The Hall–Kier alpha value is -1.94. The number of hydrogen-bond acceptors (Lipinski definition) is 4. The summed E-state index contributed by atoms with van der Waals surface area (Å²) < 4.78 is 5.37. The highest BCUT2D eigenvalue weighted by atomic mass is 16.5. The quantitative estimate of drug-likeness (QED) is 0.199. The summed E-state index contributed by atoms with van der Waals surface area (Å²) in [5, 5.41) is 0.902. The highest BCUT2D eigenvalue weighted by molar-refractivity contribution is 6.07. The van der Waals surface area contributed by atoms with E-state index in [4.69, 9.17) is 4.74 Å². The van der Waals surface area contributed by atoms with Gasteiger partial charge in [0.2, 0.25) is 0 Å². The van der Waals surface area contributed by atoms with Crippen LogP contribution in [0.25, 0.3) is 10.9 Å². The van der Waals surface area contributed by atoms with Crippen molar-refractivity contribution in [1.29, 1.82) is 0 Å². The third-order valence-corrected chi connectivity index (χ3v) is 7.82. The fourth-order valence-electron chi connectivity index (χ4n) is 5.62. The van der Waals surface area contributed by atoms with Crippen LogP contribution in [0, 0.1) is 11.8 Å². The van der Waals surface area contributed by atoms with Crippen molar-refractivity contribution in [2.24, 2.45) is 11.8 Å². The number of ketones is 1. The normalized spacial score (nSPS) is 18.9. The van der Waals surface area contributed by atoms with Crippen LogP contribution in [-0.2, 0) is 0 Å². The number of benzene rings is 1. The molecule has 2 aromatic rings. The predicted octanol–water partition coefficient (Wildman–Crippen LogP) is 7.70. The molecule has 1 aromatic heterocycles. The molecule has 0 amide bonds. The van der Waals surface area contributed by atoms with Crippen LogP contribution in [0.3, 0.4) is 0 Å². The molecule has 0 N–H and O–H groups in total. The molecule has 0 aliphatic carbocycles. The van der Waals surface area contributed by atoms with Crippen molar-refractivity contribution < 1.29 is 9.53 Å². The van der Waals surface area contributed by atoms with E-state index in [1.165, 1.54) is 83.8 Å². The van der Waals surface area contributed by atoms with E-state index in [0.717, 1.165) is 28.6 Å². The van der Waals surface area contributed by atoms with Gasteiger partial charge in [0, 0.05) is 30.1 Å². The van der Waals surface area contributed by atoms with Crippen LogP contribution < -0.4 is 4.74 Å². The van der Waals surface area contributed by atoms with Gasteiger partial charge in [0.25, 0.3) is 0 Å². The lowest BCUT2D eigenvalue weighted by atomic mass is 9.80. The van der Waals surface area contributed by atoms with E-state index in [0.29, 0.717) is 18.3 Å². The lowest BCUT2D eigenvalue weighted by molar-refractivity contribution is 0.0899. The number of Topliss-reactive ketones (excluding diaryl/α,β-unsaturated/α-hetero) is 1. The minimum absolute atomic E-state index is 0.233. The van der Waals surface area contributed by atoms with Gasteiger partial charge in [0.05, 0.1) is 12.6 Å². The Bertz CT molecular complexity index is 881. The predicted molar refractivity (Wildman–Crippen MR) is 143 cm³/mol. The second-order valence-corrected chi connectivity index (χ2v) is 10.2. The van der Waals surface area contributed by atoms with Crippen molar-refractivity contribution in [3.8, 4) is 5.75 Å². The molecule has 188 valence electrons. The lowest BCUT2D eigenvalue weighted by Gasteiger charge is -2.38. The van der Waals surface area contributed by atoms with E-state index in [2.05, 4.69) is 23.7 Å². The zero-order chi connectivity index (χ0) is 24.2. The van der Waals surface area contributed by atoms with Crippen LogP contribution in [-0.4, -0.2) is 42.4 Å². The van der Waals surface area contributed by atoms with Gasteiger partial charge < -0.3 is 9.64 Å². The average Bonchev–Trinajstić information content (AvgIpc) is 2.88. The summed E-state index contributed by atoms with van der Waals surface area (Å²) >= 11 is 0. The summed E-state index contributed by atoms with van der Waals surface area (Å²) in [6.45, 7) is 8.26. The molecule has 1 aliphatic heterocycles. The molecule has 34 heavy (non-hydrogen) atoms. The average molecular weight is 467 g/mol. The molecule has 0 radical (unpaired) electrons. The van der Waals surface area contributed by atoms with Gasteiger partial charge in [-0.1, -0.05) is 65.2 Å². The summed E-state index contributed by atoms with van der Waals surface area (Å²) in [4.78, 5) is 20.3.